The molecular formula is C20H17N5O2. The molecule has 0 aliphatic heterocycles. The predicted molar refractivity (Wildman–Crippen MR) is 102 cm³/mol. The van der Waals surface area contributed by atoms with Crippen LogP contribution in [0.3, 0.4) is 0 Å². The minimum Gasteiger partial charge on any atom is -0.493 e. The lowest BCUT2D eigenvalue weighted by atomic mass is 10.2. The van der Waals surface area contributed by atoms with Gasteiger partial charge in [-0.1, -0.05) is 18.2 Å². The van der Waals surface area contributed by atoms with Crippen LogP contribution in [0.4, 0.5) is 5.69 Å². The second kappa shape index (κ2) is 7.17. The molecule has 0 spiro atoms. The molecule has 7 heteroatoms. The van der Waals surface area contributed by atoms with Crippen molar-refractivity contribution >= 4 is 11.6 Å². The zero-order valence-electron chi connectivity index (χ0n) is 14.6. The molecule has 1 N–H and O–H groups in total. The van der Waals surface area contributed by atoms with E-state index in [0.717, 1.165) is 11.4 Å². The third-order valence-electron chi connectivity index (χ3n) is 4.06. The van der Waals surface area contributed by atoms with E-state index >= 15 is 0 Å². The third kappa shape index (κ3) is 3.43. The van der Waals surface area contributed by atoms with E-state index in [2.05, 4.69) is 15.4 Å². The van der Waals surface area contributed by atoms with E-state index in [9.17, 15) is 4.79 Å². The van der Waals surface area contributed by atoms with E-state index in [1.165, 1.54) is 7.11 Å². The number of aromatic nitrogens is 4. The molecular weight excluding hydrogens is 342 g/mol. The van der Waals surface area contributed by atoms with Crippen LogP contribution < -0.4 is 10.1 Å². The summed E-state index contributed by atoms with van der Waals surface area (Å²) in [4.78, 5) is 16.7. The summed E-state index contributed by atoms with van der Waals surface area (Å²) in [6.07, 6.45) is 6.97. The Hall–Kier alpha value is -3.87. The number of anilines is 1. The van der Waals surface area contributed by atoms with E-state index in [1.54, 1.807) is 23.4 Å². The second-order valence-corrected chi connectivity index (χ2v) is 5.80. The number of hydrogen-bond acceptors (Lipinski definition) is 4. The van der Waals surface area contributed by atoms with Crippen LogP contribution in [-0.4, -0.2) is 32.3 Å². The normalized spacial score (nSPS) is 10.6. The number of imidazole rings is 1. The van der Waals surface area contributed by atoms with Crippen LogP contribution in [0.1, 0.15) is 10.5 Å². The molecule has 2 heterocycles. The number of nitrogens with zero attached hydrogens (tertiary/aromatic N) is 4. The van der Waals surface area contributed by atoms with Crippen LogP contribution in [0.15, 0.2) is 79.5 Å². The maximum atomic E-state index is 12.7. The zero-order chi connectivity index (χ0) is 18.6. The maximum Gasteiger partial charge on any atom is 0.280 e. The monoisotopic (exact) mass is 359 g/mol. The van der Waals surface area contributed by atoms with Gasteiger partial charge in [-0.2, -0.15) is 5.10 Å². The zero-order valence-corrected chi connectivity index (χ0v) is 14.6. The third-order valence-corrected chi connectivity index (χ3v) is 4.06. The highest BCUT2D eigenvalue weighted by molar-refractivity contribution is 6.04. The quantitative estimate of drug-likeness (QED) is 0.593. The summed E-state index contributed by atoms with van der Waals surface area (Å²) >= 11 is 0. The van der Waals surface area contributed by atoms with Crippen molar-refractivity contribution in [2.45, 2.75) is 0 Å². The number of para-hydroxylation sites is 1. The van der Waals surface area contributed by atoms with Gasteiger partial charge in [0.05, 0.1) is 25.3 Å². The van der Waals surface area contributed by atoms with Gasteiger partial charge >= 0.3 is 0 Å². The van der Waals surface area contributed by atoms with E-state index in [4.69, 9.17) is 4.74 Å². The highest BCUT2D eigenvalue weighted by Gasteiger charge is 2.18. The molecule has 0 aliphatic carbocycles. The summed E-state index contributed by atoms with van der Waals surface area (Å²) in [5.74, 6) is 0.0725. The van der Waals surface area contributed by atoms with Gasteiger partial charge in [-0.15, -0.1) is 0 Å². The van der Waals surface area contributed by atoms with Crippen molar-refractivity contribution in [2.24, 2.45) is 0 Å². The average molecular weight is 359 g/mol. The first kappa shape index (κ1) is 16.6. The Bertz CT molecular complexity index is 1040. The predicted octanol–water partition coefficient (Wildman–Crippen LogP) is 3.32. The SMILES string of the molecule is COc1cn(-c2ccccc2)nc1C(=O)Nc1ccc(-n2ccnc2)cc1. The summed E-state index contributed by atoms with van der Waals surface area (Å²) in [6, 6.07) is 17.0. The van der Waals surface area contributed by atoms with Crippen molar-refractivity contribution in [3.05, 3.63) is 85.2 Å². The molecule has 0 fully saturated rings. The fourth-order valence-corrected chi connectivity index (χ4v) is 2.70. The lowest BCUT2D eigenvalue weighted by Crippen LogP contribution is -2.14. The topological polar surface area (TPSA) is 74.0 Å². The van der Waals surface area contributed by atoms with Gasteiger partial charge in [-0.3, -0.25) is 4.79 Å². The summed E-state index contributed by atoms with van der Waals surface area (Å²) < 4.78 is 8.83. The number of ether oxygens (including phenoxy) is 1. The Kier molecular flexibility index (Phi) is 4.40. The van der Waals surface area contributed by atoms with Crippen LogP contribution in [0, 0.1) is 0 Å². The first-order valence-corrected chi connectivity index (χ1v) is 8.33. The smallest absolute Gasteiger partial charge is 0.280 e. The Morgan fingerprint density at radius 3 is 2.48 bits per heavy atom. The molecule has 7 nitrogen and oxygen atoms in total. The van der Waals surface area contributed by atoms with Gasteiger partial charge in [-0.05, 0) is 36.4 Å². The minimum absolute atomic E-state index is 0.222. The molecule has 0 saturated heterocycles. The average Bonchev–Trinajstić information content (AvgIpc) is 3.39. The Balaban J connectivity index is 1.55. The molecule has 27 heavy (non-hydrogen) atoms. The number of hydrogen-bond donors (Lipinski definition) is 1. The lowest BCUT2D eigenvalue weighted by molar-refractivity contribution is 0.101. The number of carbonyl (C=O) groups is 1. The fourth-order valence-electron chi connectivity index (χ4n) is 2.70. The van der Waals surface area contributed by atoms with Crippen LogP contribution in [-0.2, 0) is 0 Å². The molecule has 4 rings (SSSR count). The van der Waals surface area contributed by atoms with Crippen molar-refractivity contribution in [1.29, 1.82) is 0 Å². The van der Waals surface area contributed by atoms with E-state index in [0.29, 0.717) is 11.4 Å². The number of benzene rings is 2. The van der Waals surface area contributed by atoms with Gasteiger partial charge < -0.3 is 14.6 Å². The number of nitrogens with one attached hydrogen (secondary N) is 1. The van der Waals surface area contributed by atoms with Crippen molar-refractivity contribution < 1.29 is 9.53 Å². The molecule has 2 aromatic heterocycles. The number of rotatable bonds is 5. The molecule has 4 aromatic rings. The molecule has 0 atom stereocenters. The first-order chi connectivity index (χ1) is 13.2. The maximum absolute atomic E-state index is 12.7. The largest absolute Gasteiger partial charge is 0.493 e. The number of amides is 1. The summed E-state index contributed by atoms with van der Waals surface area (Å²) in [7, 11) is 1.52. The fraction of sp³-hybridized carbons (Fsp3) is 0.0500. The molecule has 0 radical (unpaired) electrons. The van der Waals surface area contributed by atoms with E-state index in [1.807, 2.05) is 65.4 Å². The van der Waals surface area contributed by atoms with Crippen LogP contribution in [0.25, 0.3) is 11.4 Å². The highest BCUT2D eigenvalue weighted by Crippen LogP contribution is 2.21. The first-order valence-electron chi connectivity index (χ1n) is 8.33. The molecule has 2 aromatic carbocycles. The molecule has 1 amide bonds. The van der Waals surface area contributed by atoms with Crippen LogP contribution in [0.2, 0.25) is 0 Å². The van der Waals surface area contributed by atoms with Crippen molar-refractivity contribution in [2.75, 3.05) is 12.4 Å². The second-order valence-electron chi connectivity index (χ2n) is 5.80. The molecule has 134 valence electrons. The van der Waals surface area contributed by atoms with E-state index < -0.39 is 0 Å². The van der Waals surface area contributed by atoms with Crippen LogP contribution in [0.5, 0.6) is 5.75 Å². The van der Waals surface area contributed by atoms with E-state index in [-0.39, 0.29) is 11.6 Å². The van der Waals surface area contributed by atoms with Gasteiger partial charge in [0, 0.05) is 23.8 Å². The van der Waals surface area contributed by atoms with Gasteiger partial charge in [0.15, 0.2) is 11.4 Å². The summed E-state index contributed by atoms with van der Waals surface area (Å²) in [5.41, 5.74) is 2.69. The summed E-state index contributed by atoms with van der Waals surface area (Å²) in [6.45, 7) is 0. The van der Waals surface area contributed by atoms with Crippen molar-refractivity contribution in [3.8, 4) is 17.1 Å². The molecule has 0 bridgehead atoms. The van der Waals surface area contributed by atoms with Gasteiger partial charge in [0.25, 0.3) is 5.91 Å². The number of methoxy groups -OCH3 is 1. The van der Waals surface area contributed by atoms with Crippen molar-refractivity contribution in [3.63, 3.8) is 0 Å². The molecule has 0 aliphatic rings. The van der Waals surface area contributed by atoms with Gasteiger partial charge in [0.2, 0.25) is 0 Å². The lowest BCUT2D eigenvalue weighted by Gasteiger charge is -2.06. The summed E-state index contributed by atoms with van der Waals surface area (Å²) in [5, 5.41) is 7.22. The highest BCUT2D eigenvalue weighted by atomic mass is 16.5. The van der Waals surface area contributed by atoms with Gasteiger partial charge in [0.1, 0.15) is 0 Å². The standard InChI is InChI=1S/C20H17N5O2/c1-27-18-13-25(17-5-3-2-4-6-17)23-19(18)20(26)22-15-7-9-16(10-8-15)24-12-11-21-14-24/h2-14H,1H3,(H,22,26). The minimum atomic E-state index is -0.336. The Morgan fingerprint density at radius 2 is 1.81 bits per heavy atom. The molecule has 0 unspecified atom stereocenters. The number of carbonyl (C=O) groups excluding carboxylic acids is 1. The van der Waals surface area contributed by atoms with Crippen LogP contribution >= 0.6 is 0 Å². The van der Waals surface area contributed by atoms with Crippen molar-refractivity contribution in [1.82, 2.24) is 19.3 Å². The Labute approximate surface area is 155 Å². The Morgan fingerprint density at radius 1 is 1.04 bits per heavy atom. The van der Waals surface area contributed by atoms with Gasteiger partial charge in [-0.25, -0.2) is 9.67 Å². The molecule has 0 saturated carbocycles.